The van der Waals surface area contributed by atoms with E-state index in [0.717, 1.165) is 11.4 Å². The van der Waals surface area contributed by atoms with E-state index in [1.807, 2.05) is 85.7 Å². The molecule has 0 spiro atoms. The van der Waals surface area contributed by atoms with Gasteiger partial charge in [0.05, 0.1) is 23.7 Å². The van der Waals surface area contributed by atoms with Gasteiger partial charge in [-0.05, 0) is 44.3 Å². The predicted octanol–water partition coefficient (Wildman–Crippen LogP) is 4.59. The molecule has 3 nitrogen and oxygen atoms in total. The summed E-state index contributed by atoms with van der Waals surface area (Å²) in [6, 6.07) is 20.1. The molecular weight excluding hydrogens is 300 g/mol. The number of nitrogens with zero attached hydrogens (tertiary/aromatic N) is 2. The Morgan fingerprint density at radius 3 is 1.96 bits per heavy atom. The number of para-hydroxylation sites is 2. The quantitative estimate of drug-likeness (QED) is 0.336. The highest BCUT2D eigenvalue weighted by atomic mass is 28.4. The van der Waals surface area contributed by atoms with Crippen LogP contribution >= 0.6 is 0 Å². The maximum Gasteiger partial charge on any atom is 0.266 e. The molecule has 0 N–H and O–H groups in total. The number of rotatable bonds is 6. The van der Waals surface area contributed by atoms with Crippen LogP contribution in [0.1, 0.15) is 6.92 Å². The molecule has 1 atom stereocenters. The maximum atomic E-state index is 5.94. The molecule has 2 aromatic carbocycles. The zero-order valence-corrected chi connectivity index (χ0v) is 14.8. The summed E-state index contributed by atoms with van der Waals surface area (Å²) >= 11 is 0. The molecule has 0 aromatic heterocycles. The monoisotopic (exact) mass is 322 g/mol. The average Bonchev–Trinajstić information content (AvgIpc) is 2.56. The molecule has 23 heavy (non-hydrogen) atoms. The first-order valence-corrected chi connectivity index (χ1v) is 10.5. The third-order valence-electron chi connectivity index (χ3n) is 3.22. The molecule has 0 unspecified atom stereocenters. The second-order valence-corrected chi connectivity index (χ2v) is 9.27. The zero-order chi connectivity index (χ0) is 16.7. The van der Waals surface area contributed by atoms with E-state index in [-0.39, 0.29) is 6.10 Å². The predicted molar refractivity (Wildman–Crippen MR) is 100 cm³/mol. The van der Waals surface area contributed by atoms with E-state index in [4.69, 9.17) is 10.8 Å². The number of hydrogen-bond acceptors (Lipinski definition) is 3. The summed E-state index contributed by atoms with van der Waals surface area (Å²) < 4.78 is 5.94. The van der Waals surface area contributed by atoms with Crippen LogP contribution in [0.3, 0.4) is 0 Å². The third kappa shape index (κ3) is 5.10. The van der Waals surface area contributed by atoms with Crippen molar-refractivity contribution in [1.29, 1.82) is 0 Å². The first-order chi connectivity index (χ1) is 11.0. The summed E-state index contributed by atoms with van der Waals surface area (Å²) in [5.74, 6) is 0. The Bertz CT molecular complexity index is 638. The van der Waals surface area contributed by atoms with Crippen LogP contribution in [0.2, 0.25) is 13.1 Å². The SMILES string of the molecule is C#C[Si](C)(C)O[C@@H](C)/C=N/N(c1ccccc1)c1ccccc1. The van der Waals surface area contributed by atoms with Gasteiger partial charge in [-0.2, -0.15) is 5.10 Å². The van der Waals surface area contributed by atoms with Gasteiger partial charge >= 0.3 is 0 Å². The van der Waals surface area contributed by atoms with Crippen molar-refractivity contribution in [2.24, 2.45) is 5.10 Å². The van der Waals surface area contributed by atoms with Crippen LogP contribution in [0.5, 0.6) is 0 Å². The van der Waals surface area contributed by atoms with Crippen molar-refractivity contribution in [1.82, 2.24) is 0 Å². The summed E-state index contributed by atoms with van der Waals surface area (Å²) in [5.41, 5.74) is 4.76. The van der Waals surface area contributed by atoms with Crippen LogP contribution < -0.4 is 5.01 Å². The van der Waals surface area contributed by atoms with Crippen molar-refractivity contribution >= 4 is 25.9 Å². The molecule has 0 aliphatic carbocycles. The van der Waals surface area contributed by atoms with E-state index >= 15 is 0 Å². The fourth-order valence-electron chi connectivity index (χ4n) is 2.11. The van der Waals surface area contributed by atoms with Crippen molar-refractivity contribution in [2.75, 3.05) is 5.01 Å². The van der Waals surface area contributed by atoms with E-state index in [0.29, 0.717) is 0 Å². The molecule has 4 heteroatoms. The van der Waals surface area contributed by atoms with Gasteiger partial charge in [0.1, 0.15) is 0 Å². The first kappa shape index (κ1) is 17.0. The number of benzene rings is 2. The van der Waals surface area contributed by atoms with Crippen LogP contribution in [0.4, 0.5) is 11.4 Å². The van der Waals surface area contributed by atoms with Crippen LogP contribution in [0.15, 0.2) is 65.8 Å². The Morgan fingerprint density at radius 2 is 1.52 bits per heavy atom. The summed E-state index contributed by atoms with van der Waals surface area (Å²) in [4.78, 5) is 0. The largest absolute Gasteiger partial charge is 0.398 e. The van der Waals surface area contributed by atoms with E-state index in [2.05, 4.69) is 10.6 Å². The van der Waals surface area contributed by atoms with E-state index in [1.165, 1.54) is 0 Å². The second-order valence-electron chi connectivity index (χ2n) is 5.73. The highest BCUT2D eigenvalue weighted by Crippen LogP contribution is 2.25. The average molecular weight is 322 g/mol. The Balaban J connectivity index is 2.23. The third-order valence-corrected chi connectivity index (χ3v) is 4.88. The maximum absolute atomic E-state index is 5.94. The minimum atomic E-state index is -2.05. The molecule has 118 valence electrons. The van der Waals surface area contributed by atoms with E-state index < -0.39 is 8.32 Å². The topological polar surface area (TPSA) is 24.8 Å². The number of anilines is 2. The van der Waals surface area contributed by atoms with Gasteiger partial charge in [-0.25, -0.2) is 5.01 Å². The minimum Gasteiger partial charge on any atom is -0.398 e. The lowest BCUT2D eigenvalue weighted by atomic mass is 10.2. The Labute approximate surface area is 139 Å². The highest BCUT2D eigenvalue weighted by molar-refractivity contribution is 6.79. The molecule has 0 heterocycles. The Morgan fingerprint density at radius 1 is 1.04 bits per heavy atom. The molecule has 0 aliphatic heterocycles. The zero-order valence-electron chi connectivity index (χ0n) is 13.8. The van der Waals surface area contributed by atoms with Crippen LogP contribution in [0, 0.1) is 12.0 Å². The van der Waals surface area contributed by atoms with Gasteiger partial charge in [0.2, 0.25) is 0 Å². The Kier molecular flexibility index (Phi) is 5.75. The second kappa shape index (κ2) is 7.77. The lowest BCUT2D eigenvalue weighted by Crippen LogP contribution is -2.33. The van der Waals surface area contributed by atoms with Gasteiger partial charge in [0.15, 0.2) is 0 Å². The van der Waals surface area contributed by atoms with Crippen molar-refractivity contribution in [3.05, 3.63) is 60.7 Å². The molecule has 0 amide bonds. The fourth-order valence-corrected chi connectivity index (χ4v) is 3.17. The summed E-state index contributed by atoms with van der Waals surface area (Å²) in [5, 5.41) is 6.51. The first-order valence-electron chi connectivity index (χ1n) is 7.62. The van der Waals surface area contributed by atoms with Crippen molar-refractivity contribution < 1.29 is 4.43 Å². The lowest BCUT2D eigenvalue weighted by Gasteiger charge is -2.22. The van der Waals surface area contributed by atoms with E-state index in [1.54, 1.807) is 6.21 Å². The Hall–Kier alpha value is -2.35. The smallest absolute Gasteiger partial charge is 0.266 e. The molecule has 0 radical (unpaired) electrons. The molecule has 0 saturated heterocycles. The number of hydrazone groups is 1. The van der Waals surface area contributed by atoms with Crippen molar-refractivity contribution in [2.45, 2.75) is 26.1 Å². The van der Waals surface area contributed by atoms with Crippen molar-refractivity contribution in [3.63, 3.8) is 0 Å². The van der Waals surface area contributed by atoms with Crippen LogP contribution in [0.25, 0.3) is 0 Å². The number of terminal acetylenes is 1. The standard InChI is InChI=1S/C19H22N2OSi/c1-5-23(3,4)22-17(2)16-20-21(18-12-8-6-9-13-18)19-14-10-7-11-15-19/h1,6-17H,2-4H3/b20-16+/t17-/m0/s1. The minimum absolute atomic E-state index is 0.136. The van der Waals surface area contributed by atoms with Gasteiger partial charge in [-0.1, -0.05) is 36.4 Å². The molecule has 0 bridgehead atoms. The van der Waals surface area contributed by atoms with Gasteiger partial charge < -0.3 is 4.43 Å². The van der Waals surface area contributed by atoms with Gasteiger partial charge in [0, 0.05) is 0 Å². The van der Waals surface area contributed by atoms with Gasteiger partial charge in [-0.15, -0.1) is 12.0 Å². The summed E-state index contributed by atoms with van der Waals surface area (Å²) in [7, 11) is -2.05. The fraction of sp³-hybridized carbons (Fsp3) is 0.211. The van der Waals surface area contributed by atoms with Crippen LogP contribution in [-0.2, 0) is 4.43 Å². The van der Waals surface area contributed by atoms with Gasteiger partial charge in [0.25, 0.3) is 8.32 Å². The van der Waals surface area contributed by atoms with Crippen molar-refractivity contribution in [3.8, 4) is 12.0 Å². The highest BCUT2D eigenvalue weighted by Gasteiger charge is 2.21. The summed E-state index contributed by atoms with van der Waals surface area (Å²) in [6.45, 7) is 5.97. The van der Waals surface area contributed by atoms with Crippen LogP contribution in [-0.4, -0.2) is 20.6 Å². The molecular formula is C19H22N2OSi. The number of hydrogen-bond donors (Lipinski definition) is 0. The van der Waals surface area contributed by atoms with E-state index in [9.17, 15) is 0 Å². The lowest BCUT2D eigenvalue weighted by molar-refractivity contribution is 0.289. The van der Waals surface area contributed by atoms with Gasteiger partial charge in [-0.3, -0.25) is 0 Å². The molecule has 0 saturated carbocycles. The molecule has 2 rings (SSSR count). The molecule has 0 fully saturated rings. The molecule has 2 aromatic rings. The normalized spacial score (nSPS) is 12.8. The molecule has 0 aliphatic rings. The summed E-state index contributed by atoms with van der Waals surface area (Å²) in [6.07, 6.45) is 7.19.